The van der Waals surface area contributed by atoms with Gasteiger partial charge in [-0.05, 0) is 51.0 Å². The van der Waals surface area contributed by atoms with E-state index in [-0.39, 0.29) is 17.6 Å². The molecule has 4 heteroatoms. The van der Waals surface area contributed by atoms with Crippen LogP contribution in [0.4, 0.5) is 0 Å². The van der Waals surface area contributed by atoms with Crippen molar-refractivity contribution in [3.05, 3.63) is 29.8 Å². The standard InChI is InChI=1S/C16H24ClNO2/c1-5-16(6-2,11-17)18-15(19)13-7-9-14(10-8-13)20-12(3)4/h7-10,12H,5-6,11H2,1-4H3,(H,18,19). The molecular weight excluding hydrogens is 274 g/mol. The van der Waals surface area contributed by atoms with Crippen LogP contribution < -0.4 is 10.1 Å². The highest BCUT2D eigenvalue weighted by molar-refractivity contribution is 6.19. The van der Waals surface area contributed by atoms with Crippen LogP contribution in [0.15, 0.2) is 24.3 Å². The van der Waals surface area contributed by atoms with Gasteiger partial charge in [-0.1, -0.05) is 13.8 Å². The van der Waals surface area contributed by atoms with E-state index in [0.717, 1.165) is 18.6 Å². The van der Waals surface area contributed by atoms with Crippen molar-refractivity contribution in [2.24, 2.45) is 0 Å². The lowest BCUT2D eigenvalue weighted by Crippen LogP contribution is -2.49. The second-order valence-electron chi connectivity index (χ2n) is 5.27. The van der Waals surface area contributed by atoms with Gasteiger partial charge in [-0.3, -0.25) is 4.79 Å². The minimum Gasteiger partial charge on any atom is -0.491 e. The highest BCUT2D eigenvalue weighted by atomic mass is 35.5. The molecule has 1 rings (SSSR count). The number of nitrogens with one attached hydrogen (secondary N) is 1. The maximum atomic E-state index is 12.3. The molecule has 1 aromatic rings. The highest BCUT2D eigenvalue weighted by Gasteiger charge is 2.27. The molecule has 0 saturated heterocycles. The molecule has 0 spiro atoms. The predicted molar refractivity (Wildman–Crippen MR) is 83.7 cm³/mol. The zero-order chi connectivity index (χ0) is 15.2. The van der Waals surface area contributed by atoms with Gasteiger partial charge < -0.3 is 10.1 Å². The number of ether oxygens (including phenoxy) is 1. The molecule has 1 amide bonds. The number of carbonyl (C=O) groups excluding carboxylic acids is 1. The van der Waals surface area contributed by atoms with E-state index >= 15 is 0 Å². The first-order chi connectivity index (χ1) is 9.46. The smallest absolute Gasteiger partial charge is 0.251 e. The summed E-state index contributed by atoms with van der Waals surface area (Å²) in [5.74, 6) is 1.09. The Kier molecular flexibility index (Phi) is 6.34. The Morgan fingerprint density at radius 1 is 1.25 bits per heavy atom. The molecule has 0 unspecified atom stereocenters. The van der Waals surface area contributed by atoms with Crippen LogP contribution in [0.25, 0.3) is 0 Å². The average molecular weight is 298 g/mol. The minimum atomic E-state index is -0.328. The van der Waals surface area contributed by atoms with Crippen molar-refractivity contribution in [3.8, 4) is 5.75 Å². The highest BCUT2D eigenvalue weighted by Crippen LogP contribution is 2.19. The van der Waals surface area contributed by atoms with Gasteiger partial charge in [0.1, 0.15) is 5.75 Å². The molecule has 0 heterocycles. The van der Waals surface area contributed by atoms with Gasteiger partial charge in [0.05, 0.1) is 11.6 Å². The van der Waals surface area contributed by atoms with Crippen molar-refractivity contribution >= 4 is 17.5 Å². The minimum absolute atomic E-state index is 0.0922. The molecular formula is C16H24ClNO2. The van der Waals surface area contributed by atoms with Crippen LogP contribution in [-0.4, -0.2) is 23.4 Å². The van der Waals surface area contributed by atoms with Gasteiger partial charge in [0, 0.05) is 11.4 Å². The van der Waals surface area contributed by atoms with Gasteiger partial charge in [0.15, 0.2) is 0 Å². The van der Waals surface area contributed by atoms with Crippen molar-refractivity contribution < 1.29 is 9.53 Å². The Labute approximate surface area is 126 Å². The summed E-state index contributed by atoms with van der Waals surface area (Å²) in [6.45, 7) is 8.01. The van der Waals surface area contributed by atoms with Crippen molar-refractivity contribution in [3.63, 3.8) is 0 Å². The van der Waals surface area contributed by atoms with Crippen molar-refractivity contribution in [1.82, 2.24) is 5.32 Å². The maximum Gasteiger partial charge on any atom is 0.251 e. The third kappa shape index (κ3) is 4.41. The van der Waals surface area contributed by atoms with Crippen LogP contribution in [0.1, 0.15) is 50.9 Å². The van der Waals surface area contributed by atoms with E-state index in [4.69, 9.17) is 16.3 Å². The average Bonchev–Trinajstić information content (AvgIpc) is 2.45. The fourth-order valence-corrected chi connectivity index (χ4v) is 2.36. The molecule has 0 aromatic heterocycles. The molecule has 20 heavy (non-hydrogen) atoms. The largest absolute Gasteiger partial charge is 0.491 e. The second kappa shape index (κ2) is 7.53. The Balaban J connectivity index is 2.77. The molecule has 0 saturated carbocycles. The van der Waals surface area contributed by atoms with Crippen LogP contribution in [0, 0.1) is 0 Å². The van der Waals surface area contributed by atoms with E-state index in [2.05, 4.69) is 5.32 Å². The topological polar surface area (TPSA) is 38.3 Å². The van der Waals surface area contributed by atoms with E-state index in [1.807, 2.05) is 39.8 Å². The number of benzene rings is 1. The number of halogens is 1. The fourth-order valence-electron chi connectivity index (χ4n) is 1.92. The Morgan fingerprint density at radius 3 is 2.20 bits per heavy atom. The van der Waals surface area contributed by atoms with Crippen LogP contribution in [0.2, 0.25) is 0 Å². The van der Waals surface area contributed by atoms with Gasteiger partial charge in [-0.2, -0.15) is 0 Å². The fraction of sp³-hybridized carbons (Fsp3) is 0.562. The molecule has 3 nitrogen and oxygen atoms in total. The Hall–Kier alpha value is -1.22. The summed E-state index contributed by atoms with van der Waals surface area (Å²) >= 11 is 6.00. The molecule has 0 bridgehead atoms. The van der Waals surface area contributed by atoms with E-state index in [1.54, 1.807) is 12.1 Å². The summed E-state index contributed by atoms with van der Waals surface area (Å²) in [5, 5.41) is 3.04. The third-order valence-electron chi connectivity index (χ3n) is 3.48. The molecule has 0 fully saturated rings. The monoisotopic (exact) mass is 297 g/mol. The summed E-state index contributed by atoms with van der Waals surface area (Å²) in [7, 11) is 0. The number of hydrogen-bond acceptors (Lipinski definition) is 2. The lowest BCUT2D eigenvalue weighted by molar-refractivity contribution is 0.0902. The van der Waals surface area contributed by atoms with Gasteiger partial charge in [-0.25, -0.2) is 0 Å². The number of alkyl halides is 1. The summed E-state index contributed by atoms with van der Waals surface area (Å²) in [6, 6.07) is 7.18. The number of carbonyl (C=O) groups is 1. The molecule has 0 atom stereocenters. The Bertz CT molecular complexity index is 416. The van der Waals surface area contributed by atoms with Gasteiger partial charge in [-0.15, -0.1) is 11.6 Å². The van der Waals surface area contributed by atoms with Gasteiger partial charge in [0.2, 0.25) is 0 Å². The molecule has 1 N–H and O–H groups in total. The number of rotatable bonds is 7. The Morgan fingerprint density at radius 2 is 1.80 bits per heavy atom. The van der Waals surface area contributed by atoms with E-state index in [9.17, 15) is 4.79 Å². The zero-order valence-electron chi connectivity index (χ0n) is 12.7. The van der Waals surface area contributed by atoms with Crippen molar-refractivity contribution in [2.75, 3.05) is 5.88 Å². The lowest BCUT2D eigenvalue weighted by Gasteiger charge is -2.30. The van der Waals surface area contributed by atoms with E-state index in [0.29, 0.717) is 11.4 Å². The quantitative estimate of drug-likeness (QED) is 0.773. The normalized spacial score (nSPS) is 11.5. The summed E-state index contributed by atoms with van der Waals surface area (Å²) < 4.78 is 5.56. The molecule has 0 aliphatic rings. The molecule has 0 aliphatic carbocycles. The van der Waals surface area contributed by atoms with Crippen LogP contribution in [0.3, 0.4) is 0 Å². The predicted octanol–water partition coefficient (Wildman–Crippen LogP) is 4.00. The first kappa shape index (κ1) is 16.8. The van der Waals surface area contributed by atoms with Crippen molar-refractivity contribution in [1.29, 1.82) is 0 Å². The first-order valence-electron chi connectivity index (χ1n) is 7.11. The maximum absolute atomic E-state index is 12.3. The number of amides is 1. The van der Waals surface area contributed by atoms with E-state index < -0.39 is 0 Å². The first-order valence-corrected chi connectivity index (χ1v) is 7.65. The van der Waals surface area contributed by atoms with E-state index in [1.165, 1.54) is 0 Å². The second-order valence-corrected chi connectivity index (χ2v) is 5.53. The summed E-state index contributed by atoms with van der Waals surface area (Å²) in [6.07, 6.45) is 1.75. The van der Waals surface area contributed by atoms with Gasteiger partial charge >= 0.3 is 0 Å². The molecule has 1 aromatic carbocycles. The number of hydrogen-bond donors (Lipinski definition) is 1. The lowest BCUT2D eigenvalue weighted by atomic mass is 9.94. The van der Waals surface area contributed by atoms with Crippen LogP contribution in [-0.2, 0) is 0 Å². The third-order valence-corrected chi connectivity index (χ3v) is 3.99. The molecule has 112 valence electrons. The molecule has 0 aliphatic heterocycles. The molecule has 0 radical (unpaired) electrons. The van der Waals surface area contributed by atoms with Crippen LogP contribution in [0.5, 0.6) is 5.75 Å². The zero-order valence-corrected chi connectivity index (χ0v) is 13.5. The van der Waals surface area contributed by atoms with Crippen LogP contribution >= 0.6 is 11.6 Å². The van der Waals surface area contributed by atoms with Gasteiger partial charge in [0.25, 0.3) is 5.91 Å². The van der Waals surface area contributed by atoms with Crippen molar-refractivity contribution in [2.45, 2.75) is 52.2 Å². The SMILES string of the molecule is CCC(CC)(CCl)NC(=O)c1ccc(OC(C)C)cc1. The summed E-state index contributed by atoms with van der Waals surface area (Å²) in [5.41, 5.74) is 0.295. The summed E-state index contributed by atoms with van der Waals surface area (Å²) in [4.78, 5) is 12.3.